The van der Waals surface area contributed by atoms with Gasteiger partial charge in [0.1, 0.15) is 29.9 Å². The molecule has 2 fully saturated rings. The van der Waals surface area contributed by atoms with Crippen molar-refractivity contribution in [3.05, 3.63) is 122 Å². The number of oxime groups is 1. The number of amides is 1. The van der Waals surface area contributed by atoms with Crippen molar-refractivity contribution in [1.29, 1.82) is 0 Å². The maximum Gasteiger partial charge on any atom is 0.273 e. The highest BCUT2D eigenvalue weighted by Crippen LogP contribution is 2.62. The lowest BCUT2D eigenvalue weighted by Crippen LogP contribution is -2.70. The van der Waals surface area contributed by atoms with Crippen LogP contribution in [0.1, 0.15) is 114 Å². The van der Waals surface area contributed by atoms with Crippen molar-refractivity contribution in [3.63, 3.8) is 0 Å². The van der Waals surface area contributed by atoms with Crippen LogP contribution in [0.3, 0.4) is 0 Å². The van der Waals surface area contributed by atoms with Gasteiger partial charge in [-0.2, -0.15) is 0 Å². The largest absolute Gasteiger partial charge is 0.459 e. The van der Waals surface area contributed by atoms with Crippen LogP contribution in [0.25, 0.3) is 0 Å². The number of aliphatic hydroxyl groups excluding tert-OH is 2. The van der Waals surface area contributed by atoms with Crippen LogP contribution in [0.2, 0.25) is 0 Å². The van der Waals surface area contributed by atoms with Crippen molar-refractivity contribution in [3.8, 4) is 17.2 Å². The quantitative estimate of drug-likeness (QED) is 0.0375. The zero-order valence-corrected chi connectivity index (χ0v) is 38.0. The number of benzene rings is 3. The first-order valence-electron chi connectivity index (χ1n) is 23.8. The van der Waals surface area contributed by atoms with E-state index in [-0.39, 0.29) is 67.9 Å². The van der Waals surface area contributed by atoms with Gasteiger partial charge in [-0.05, 0) is 104 Å². The Kier molecular flexibility index (Phi) is 16.6. The molecule has 6 atom stereocenters. The van der Waals surface area contributed by atoms with E-state index in [9.17, 15) is 35.2 Å². The first-order chi connectivity index (χ1) is 32.1. The van der Waals surface area contributed by atoms with Crippen molar-refractivity contribution in [2.24, 2.45) is 28.8 Å². The van der Waals surface area contributed by atoms with Gasteiger partial charge < -0.3 is 34.2 Å². The Morgan fingerprint density at radius 1 is 0.939 bits per heavy atom. The van der Waals surface area contributed by atoms with Gasteiger partial charge in [0.2, 0.25) is 11.7 Å². The summed E-state index contributed by atoms with van der Waals surface area (Å²) < 4.78 is 20.8. The fourth-order valence-electron chi connectivity index (χ4n) is 10.9. The number of rotatable bonds is 24. The molecule has 0 bridgehead atoms. The van der Waals surface area contributed by atoms with Crippen LogP contribution in [0.4, 0.5) is 11.4 Å². The predicted molar refractivity (Wildman–Crippen MR) is 249 cm³/mol. The minimum atomic E-state index is -1.42. The third-order valence-electron chi connectivity index (χ3n) is 13.9. The molecule has 15 nitrogen and oxygen atoms in total. The van der Waals surface area contributed by atoms with Gasteiger partial charge in [0.25, 0.3) is 11.4 Å². The number of fused-ring (bicyclic) bond motifs is 2. The Hall–Kier alpha value is -5.64. The van der Waals surface area contributed by atoms with E-state index in [1.807, 2.05) is 17.0 Å². The molecule has 1 heterocycles. The molecule has 3 aromatic rings. The topological polar surface area (TPSA) is 196 Å². The van der Waals surface area contributed by atoms with Gasteiger partial charge in [0.05, 0.1) is 34.1 Å². The number of nitro groups is 2. The van der Waals surface area contributed by atoms with Crippen LogP contribution in [0.15, 0.2) is 96.2 Å². The number of unbranched alkanes of at least 4 members (excludes halogenated alkanes) is 2. The van der Waals surface area contributed by atoms with E-state index in [0.717, 1.165) is 56.1 Å². The van der Waals surface area contributed by atoms with Gasteiger partial charge in [-0.1, -0.05) is 68.8 Å². The van der Waals surface area contributed by atoms with E-state index < -0.39 is 27.6 Å². The molecule has 0 radical (unpaired) electrons. The molecule has 15 heteroatoms. The molecular formula is C51H64N4O11. The maximum absolute atomic E-state index is 14.8. The summed E-state index contributed by atoms with van der Waals surface area (Å²) in [5, 5.41) is 47.9. The number of nitrogens with zero attached hydrogens (tertiary/aromatic N) is 4. The molecule has 1 amide bonds. The van der Waals surface area contributed by atoms with E-state index >= 15 is 0 Å². The van der Waals surface area contributed by atoms with Crippen molar-refractivity contribution >= 4 is 23.0 Å². The van der Waals surface area contributed by atoms with Crippen molar-refractivity contribution in [1.82, 2.24) is 4.90 Å². The molecule has 3 aromatic carbocycles. The lowest BCUT2D eigenvalue weighted by Gasteiger charge is -2.60. The molecule has 7 rings (SSSR count). The SMILES string of the molecule is C=CCOC12Oc3ccc(Oc4cccc([N+](=O)[O-])c4)cc3C3C(CCCCO)C(CCCCO)C=C(C(=NOCc4ccc([N+](=O)[O-])cc4)CC1N(CCC)C(=O)CCC1CCCC1)C32. The van der Waals surface area contributed by atoms with Crippen molar-refractivity contribution in [2.75, 3.05) is 26.4 Å². The van der Waals surface area contributed by atoms with Crippen LogP contribution in [-0.2, 0) is 21.0 Å². The average molecular weight is 909 g/mol. The summed E-state index contributed by atoms with van der Waals surface area (Å²) in [7, 11) is 0. The molecule has 3 aliphatic carbocycles. The summed E-state index contributed by atoms with van der Waals surface area (Å²) in [5.74, 6) is -0.408. The summed E-state index contributed by atoms with van der Waals surface area (Å²) in [5.41, 5.74) is 2.95. The second-order valence-corrected chi connectivity index (χ2v) is 18.1. The number of allylic oxidation sites excluding steroid dienone is 1. The van der Waals surface area contributed by atoms with E-state index in [1.165, 1.54) is 37.1 Å². The zero-order chi connectivity index (χ0) is 46.6. The Bertz CT molecular complexity index is 2220. The van der Waals surface area contributed by atoms with Gasteiger partial charge in [-0.3, -0.25) is 25.0 Å². The number of nitro benzene ring substituents is 2. The Morgan fingerprint density at radius 3 is 2.36 bits per heavy atom. The number of carbonyl (C=O) groups excluding carboxylic acids is 1. The number of carbonyl (C=O) groups is 1. The van der Waals surface area contributed by atoms with E-state index in [1.54, 1.807) is 36.4 Å². The van der Waals surface area contributed by atoms with E-state index in [4.69, 9.17) is 24.2 Å². The van der Waals surface area contributed by atoms with Gasteiger partial charge >= 0.3 is 0 Å². The lowest BCUT2D eigenvalue weighted by molar-refractivity contribution is -0.385. The van der Waals surface area contributed by atoms with E-state index in [2.05, 4.69) is 19.6 Å². The first kappa shape index (κ1) is 48.3. The molecule has 6 unspecified atom stereocenters. The number of hydrogen-bond donors (Lipinski definition) is 2. The molecule has 4 aliphatic rings. The smallest absolute Gasteiger partial charge is 0.273 e. The fraction of sp³-hybridized carbons (Fsp3) is 0.529. The highest BCUT2D eigenvalue weighted by Gasteiger charge is 2.65. The third-order valence-corrected chi connectivity index (χ3v) is 13.9. The standard InChI is InChI=1S/C51H64N4O11/c1-3-26-53(48(58)25-20-35-12-5-6-13-35)47-33-45(52-64-34-36-18-21-38(22-19-36)54(59)60)43-30-37(14-7-9-27-56)42(17-8-10-28-57)49-44-32-41(65-40-16-11-15-39(31-40)55(61)62)23-24-46(44)66-51(47,50(43)49)63-29-4-2/h4,11,15-16,18-19,21-24,30-32,35,37,42,47,49-50,56-57H,2-3,5-10,12-14,17,20,25-29,33-34H2,1H3. The van der Waals surface area contributed by atoms with Gasteiger partial charge in [0, 0.05) is 62.3 Å². The lowest BCUT2D eigenvalue weighted by atomic mass is 9.55. The average Bonchev–Trinajstić information content (AvgIpc) is 3.85. The van der Waals surface area contributed by atoms with Crippen LogP contribution in [0, 0.1) is 43.9 Å². The minimum Gasteiger partial charge on any atom is -0.459 e. The minimum absolute atomic E-state index is 0.00731. The first-order valence-corrected chi connectivity index (χ1v) is 23.8. The van der Waals surface area contributed by atoms with Gasteiger partial charge in [-0.15, -0.1) is 6.58 Å². The Morgan fingerprint density at radius 2 is 1.67 bits per heavy atom. The predicted octanol–water partition coefficient (Wildman–Crippen LogP) is 10.3. The summed E-state index contributed by atoms with van der Waals surface area (Å²) in [6.45, 7) is 6.83. The van der Waals surface area contributed by atoms with Gasteiger partial charge in [0.15, 0.2) is 0 Å². The number of ether oxygens (including phenoxy) is 3. The summed E-state index contributed by atoms with van der Waals surface area (Å²) >= 11 is 0. The second kappa shape index (κ2) is 22.7. The molecule has 1 aliphatic heterocycles. The Balaban J connectivity index is 1.40. The normalized spacial score (nSPS) is 23.8. The second-order valence-electron chi connectivity index (χ2n) is 18.1. The van der Waals surface area contributed by atoms with Crippen LogP contribution < -0.4 is 9.47 Å². The van der Waals surface area contributed by atoms with Crippen LogP contribution in [-0.4, -0.2) is 74.8 Å². The number of aliphatic hydroxyl groups is 2. The molecule has 2 N–H and O–H groups in total. The molecule has 0 spiro atoms. The molecule has 66 heavy (non-hydrogen) atoms. The number of non-ortho nitro benzene ring substituents is 2. The Labute approximate surface area is 386 Å². The third kappa shape index (κ3) is 11.0. The number of hydrogen-bond acceptors (Lipinski definition) is 12. The molecule has 354 valence electrons. The highest BCUT2D eigenvalue weighted by molar-refractivity contribution is 6.03. The summed E-state index contributed by atoms with van der Waals surface area (Å²) in [6.07, 6.45) is 15.0. The van der Waals surface area contributed by atoms with Crippen molar-refractivity contribution in [2.45, 2.75) is 121 Å². The molecule has 0 saturated heterocycles. The molecule has 0 aromatic heterocycles. The fourth-order valence-corrected chi connectivity index (χ4v) is 10.9. The highest BCUT2D eigenvalue weighted by atomic mass is 16.7. The maximum atomic E-state index is 14.8. The van der Waals surface area contributed by atoms with E-state index in [0.29, 0.717) is 66.7 Å². The van der Waals surface area contributed by atoms with Crippen molar-refractivity contribution < 1.29 is 43.9 Å². The van der Waals surface area contributed by atoms with Gasteiger partial charge in [-0.25, -0.2) is 0 Å². The summed E-state index contributed by atoms with van der Waals surface area (Å²) in [4.78, 5) is 45.1. The molecule has 2 saturated carbocycles. The molecular weight excluding hydrogens is 845 g/mol. The van der Waals surface area contributed by atoms with Crippen LogP contribution >= 0.6 is 0 Å². The monoisotopic (exact) mass is 908 g/mol. The zero-order valence-electron chi connectivity index (χ0n) is 38.0. The summed E-state index contributed by atoms with van der Waals surface area (Å²) in [6, 6.07) is 17.1. The van der Waals surface area contributed by atoms with Crippen LogP contribution in [0.5, 0.6) is 17.2 Å².